The fourth-order valence-electron chi connectivity index (χ4n) is 3.75. The lowest BCUT2D eigenvalue weighted by molar-refractivity contribution is -0.0403. The Balaban J connectivity index is 1.62. The minimum Gasteiger partial charge on any atom is -0.378 e. The van der Waals surface area contributed by atoms with Crippen LogP contribution in [0.25, 0.3) is 5.57 Å². The molecule has 0 N–H and O–H groups in total. The van der Waals surface area contributed by atoms with E-state index in [9.17, 15) is 4.39 Å². The average Bonchev–Trinajstić information content (AvgIpc) is 2.56. The molecule has 0 saturated carbocycles. The summed E-state index contributed by atoms with van der Waals surface area (Å²) in [6.45, 7) is 4.29. The molecule has 2 bridgehead atoms. The zero-order chi connectivity index (χ0) is 16.5. The molecule has 0 aliphatic carbocycles. The maximum atomic E-state index is 13.3. The zero-order valence-electron chi connectivity index (χ0n) is 13.8. The molecule has 2 aromatic rings. The van der Waals surface area contributed by atoms with Crippen LogP contribution in [0.15, 0.2) is 48.7 Å². The van der Waals surface area contributed by atoms with Crippen LogP contribution in [0.4, 0.5) is 4.39 Å². The summed E-state index contributed by atoms with van der Waals surface area (Å²) in [7, 11) is 0. The van der Waals surface area contributed by atoms with Crippen molar-refractivity contribution in [3.63, 3.8) is 0 Å². The maximum Gasteiger partial charge on any atom is 0.141 e. The topological polar surface area (TPSA) is 25.4 Å². The first-order chi connectivity index (χ1) is 11.7. The Morgan fingerprint density at radius 2 is 2.08 bits per heavy atom. The number of fused-ring (bicyclic) bond motifs is 2. The van der Waals surface area contributed by atoms with Crippen LogP contribution in [0.5, 0.6) is 0 Å². The van der Waals surface area contributed by atoms with Crippen LogP contribution in [0.1, 0.15) is 23.2 Å². The molecule has 1 fully saturated rings. The molecule has 4 heteroatoms. The number of hydrogen-bond acceptors (Lipinski definition) is 3. The number of aryl methyl sites for hydroxylation is 1. The second-order valence-corrected chi connectivity index (χ2v) is 6.63. The molecule has 4 rings (SSSR count). The number of benzene rings is 1. The number of ether oxygens (including phenoxy) is 1. The standard InChI is InChI=1S/C20H21FN2O/c1-14-7-17(21)10-22-20(14)16-8-18-12-24-13-19(9-16)23(18)11-15-5-3-2-4-6-15/h2-8,10,18-19H,9,11-13H2,1H3. The van der Waals surface area contributed by atoms with Crippen LogP contribution >= 0.6 is 0 Å². The Labute approximate surface area is 141 Å². The summed E-state index contributed by atoms with van der Waals surface area (Å²) in [6.07, 6.45) is 4.46. The molecule has 1 aromatic heterocycles. The number of pyridine rings is 1. The molecule has 2 aliphatic rings. The molecular weight excluding hydrogens is 303 g/mol. The molecule has 1 saturated heterocycles. The summed E-state index contributed by atoms with van der Waals surface area (Å²) in [6, 6.07) is 12.7. The highest BCUT2D eigenvalue weighted by Gasteiger charge is 2.35. The Bertz CT molecular complexity index is 759. The van der Waals surface area contributed by atoms with E-state index in [1.54, 1.807) is 6.07 Å². The molecule has 0 spiro atoms. The van der Waals surface area contributed by atoms with Crippen LogP contribution in [0, 0.1) is 12.7 Å². The minimum absolute atomic E-state index is 0.249. The van der Waals surface area contributed by atoms with Gasteiger partial charge in [-0.05, 0) is 36.1 Å². The van der Waals surface area contributed by atoms with Gasteiger partial charge in [-0.2, -0.15) is 0 Å². The molecule has 2 aliphatic heterocycles. The Kier molecular flexibility index (Phi) is 4.17. The first-order valence-electron chi connectivity index (χ1n) is 8.41. The summed E-state index contributed by atoms with van der Waals surface area (Å²) in [5.41, 5.74) is 4.36. The smallest absolute Gasteiger partial charge is 0.141 e. The molecule has 0 radical (unpaired) electrons. The largest absolute Gasteiger partial charge is 0.378 e. The molecule has 2 unspecified atom stereocenters. The molecule has 3 nitrogen and oxygen atoms in total. The van der Waals surface area contributed by atoms with Gasteiger partial charge in [0, 0.05) is 12.6 Å². The van der Waals surface area contributed by atoms with Crippen molar-refractivity contribution in [2.24, 2.45) is 0 Å². The van der Waals surface area contributed by atoms with Crippen LogP contribution < -0.4 is 0 Å². The van der Waals surface area contributed by atoms with Crippen molar-refractivity contribution in [1.29, 1.82) is 0 Å². The van der Waals surface area contributed by atoms with Gasteiger partial charge in [-0.3, -0.25) is 9.88 Å². The summed E-state index contributed by atoms with van der Waals surface area (Å²) in [5.74, 6) is -0.276. The zero-order valence-corrected chi connectivity index (χ0v) is 13.8. The predicted molar refractivity (Wildman–Crippen MR) is 91.9 cm³/mol. The second kappa shape index (κ2) is 6.46. The van der Waals surface area contributed by atoms with Crippen LogP contribution in [0.2, 0.25) is 0 Å². The van der Waals surface area contributed by atoms with Gasteiger partial charge in [0.1, 0.15) is 5.82 Å². The number of rotatable bonds is 3. The van der Waals surface area contributed by atoms with Crippen molar-refractivity contribution in [1.82, 2.24) is 9.88 Å². The van der Waals surface area contributed by atoms with Gasteiger partial charge in [0.25, 0.3) is 0 Å². The minimum atomic E-state index is -0.276. The van der Waals surface area contributed by atoms with E-state index in [4.69, 9.17) is 4.74 Å². The van der Waals surface area contributed by atoms with Gasteiger partial charge in [0.2, 0.25) is 0 Å². The lowest BCUT2D eigenvalue weighted by Gasteiger charge is -2.44. The molecule has 1 aromatic carbocycles. The number of aromatic nitrogens is 1. The molecule has 24 heavy (non-hydrogen) atoms. The normalized spacial score (nSPS) is 23.8. The van der Waals surface area contributed by atoms with Crippen LogP contribution in [0.3, 0.4) is 0 Å². The number of nitrogens with zero attached hydrogens (tertiary/aromatic N) is 2. The van der Waals surface area contributed by atoms with E-state index >= 15 is 0 Å². The molecular formula is C20H21FN2O. The Morgan fingerprint density at radius 1 is 1.25 bits per heavy atom. The van der Waals surface area contributed by atoms with Crippen molar-refractivity contribution < 1.29 is 9.13 Å². The highest BCUT2D eigenvalue weighted by atomic mass is 19.1. The highest BCUT2D eigenvalue weighted by molar-refractivity contribution is 5.67. The van der Waals surface area contributed by atoms with Gasteiger partial charge >= 0.3 is 0 Å². The number of halogens is 1. The fourth-order valence-corrected chi connectivity index (χ4v) is 3.75. The van der Waals surface area contributed by atoms with Gasteiger partial charge in [-0.25, -0.2) is 4.39 Å². The van der Waals surface area contributed by atoms with Gasteiger partial charge < -0.3 is 4.74 Å². The third kappa shape index (κ3) is 2.99. The Morgan fingerprint density at radius 3 is 2.83 bits per heavy atom. The summed E-state index contributed by atoms with van der Waals surface area (Å²) < 4.78 is 19.1. The van der Waals surface area contributed by atoms with Gasteiger partial charge in [0.15, 0.2) is 0 Å². The third-order valence-electron chi connectivity index (χ3n) is 4.90. The summed E-state index contributed by atoms with van der Waals surface area (Å²) in [5, 5.41) is 0. The van der Waals surface area contributed by atoms with Crippen molar-refractivity contribution in [3.8, 4) is 0 Å². The monoisotopic (exact) mass is 324 g/mol. The summed E-state index contributed by atoms with van der Waals surface area (Å²) in [4.78, 5) is 6.85. The lowest BCUT2D eigenvalue weighted by atomic mass is 9.90. The van der Waals surface area contributed by atoms with E-state index in [-0.39, 0.29) is 11.9 Å². The highest BCUT2D eigenvalue weighted by Crippen LogP contribution is 2.33. The molecule has 0 amide bonds. The van der Waals surface area contributed by atoms with Crippen molar-refractivity contribution in [3.05, 3.63) is 71.3 Å². The third-order valence-corrected chi connectivity index (χ3v) is 4.90. The van der Waals surface area contributed by atoms with Crippen molar-refractivity contribution >= 4 is 5.57 Å². The van der Waals surface area contributed by atoms with Crippen LogP contribution in [-0.4, -0.2) is 35.2 Å². The van der Waals surface area contributed by atoms with E-state index in [1.165, 1.54) is 17.3 Å². The summed E-state index contributed by atoms with van der Waals surface area (Å²) >= 11 is 0. The SMILES string of the molecule is Cc1cc(F)cnc1C1=CC2COCC(C1)N2Cc1ccccc1. The maximum absolute atomic E-state index is 13.3. The van der Waals surface area contributed by atoms with E-state index in [0.717, 1.165) is 30.8 Å². The van der Waals surface area contributed by atoms with E-state index in [1.807, 2.05) is 13.0 Å². The predicted octanol–water partition coefficient (Wildman–Crippen LogP) is 3.59. The first kappa shape index (κ1) is 15.5. The van der Waals surface area contributed by atoms with Crippen molar-refractivity contribution in [2.75, 3.05) is 13.2 Å². The van der Waals surface area contributed by atoms with Gasteiger partial charge in [0.05, 0.1) is 31.1 Å². The van der Waals surface area contributed by atoms with E-state index in [0.29, 0.717) is 12.6 Å². The molecule has 3 heterocycles. The van der Waals surface area contributed by atoms with E-state index < -0.39 is 0 Å². The second-order valence-electron chi connectivity index (χ2n) is 6.63. The van der Waals surface area contributed by atoms with Gasteiger partial charge in [-0.15, -0.1) is 0 Å². The average molecular weight is 324 g/mol. The van der Waals surface area contributed by atoms with E-state index in [2.05, 4.69) is 40.2 Å². The molecule has 124 valence electrons. The van der Waals surface area contributed by atoms with Crippen molar-refractivity contribution in [2.45, 2.75) is 32.0 Å². The Hall–Kier alpha value is -2.04. The fraction of sp³-hybridized carbons (Fsp3) is 0.350. The quantitative estimate of drug-likeness (QED) is 0.863. The number of hydrogen-bond donors (Lipinski definition) is 0. The number of morpholine rings is 1. The molecule has 2 atom stereocenters. The van der Waals surface area contributed by atoms with Crippen LogP contribution in [-0.2, 0) is 11.3 Å². The first-order valence-corrected chi connectivity index (χ1v) is 8.41. The van der Waals surface area contributed by atoms with Gasteiger partial charge in [-0.1, -0.05) is 36.4 Å². The lowest BCUT2D eigenvalue weighted by Crippen LogP contribution is -2.53.